The largest absolute Gasteiger partial charge is 0.460 e. The van der Waals surface area contributed by atoms with Crippen molar-refractivity contribution in [1.82, 2.24) is 9.78 Å². The van der Waals surface area contributed by atoms with E-state index < -0.39 is 5.56 Å². The molecule has 1 N–H and O–H groups in total. The van der Waals surface area contributed by atoms with Crippen molar-refractivity contribution in [3.63, 3.8) is 0 Å². The summed E-state index contributed by atoms with van der Waals surface area (Å²) < 4.78 is 6.29. The number of hydrogen-bond donors (Lipinski definition) is 1. The number of nitrogens with zero attached hydrogens (tertiary/aromatic N) is 2. The maximum atomic E-state index is 12.4. The number of rotatable bonds is 6. The molecule has 0 saturated heterocycles. The molecule has 0 spiro atoms. The molecule has 0 fully saturated rings. The van der Waals surface area contributed by atoms with E-state index in [0.717, 1.165) is 4.68 Å². The standard InChI is InChI=1S/C17H13Cl2N3O3S/c18-11-3-1-4-12(9-11)22-16(23)15(19)13(10-21-22)20-6-7-25-17(24)14-5-2-8-26-14/h1-5,8-10,20H,6-7H2. The minimum Gasteiger partial charge on any atom is -0.460 e. The fraction of sp³-hybridized carbons (Fsp3) is 0.118. The first-order chi connectivity index (χ1) is 12.6. The van der Waals surface area contributed by atoms with Gasteiger partial charge in [0.2, 0.25) is 0 Å². The van der Waals surface area contributed by atoms with E-state index in [4.69, 9.17) is 27.9 Å². The van der Waals surface area contributed by atoms with E-state index in [1.54, 1.807) is 41.8 Å². The molecule has 0 aliphatic rings. The summed E-state index contributed by atoms with van der Waals surface area (Å²) in [6.45, 7) is 0.420. The Kier molecular flexibility index (Phi) is 5.92. The number of carbonyl (C=O) groups is 1. The van der Waals surface area contributed by atoms with E-state index in [2.05, 4.69) is 10.4 Å². The molecule has 0 aliphatic heterocycles. The lowest BCUT2D eigenvalue weighted by atomic mass is 10.3. The zero-order chi connectivity index (χ0) is 18.5. The van der Waals surface area contributed by atoms with Gasteiger partial charge in [0.15, 0.2) is 0 Å². The maximum absolute atomic E-state index is 12.4. The molecule has 2 aromatic heterocycles. The lowest BCUT2D eigenvalue weighted by Crippen LogP contribution is -2.23. The van der Waals surface area contributed by atoms with Crippen molar-refractivity contribution in [1.29, 1.82) is 0 Å². The second-order valence-corrected chi connectivity index (χ2v) is 6.87. The Hall–Kier alpha value is -2.35. The minimum absolute atomic E-state index is 0.00967. The van der Waals surface area contributed by atoms with E-state index >= 15 is 0 Å². The summed E-state index contributed by atoms with van der Waals surface area (Å²) in [5.41, 5.74) is 0.400. The van der Waals surface area contributed by atoms with Crippen LogP contribution in [-0.4, -0.2) is 28.9 Å². The average molecular weight is 410 g/mol. The van der Waals surface area contributed by atoms with Gasteiger partial charge in [-0.15, -0.1) is 11.3 Å². The molecule has 0 saturated carbocycles. The van der Waals surface area contributed by atoms with Crippen molar-refractivity contribution in [2.24, 2.45) is 0 Å². The lowest BCUT2D eigenvalue weighted by molar-refractivity contribution is 0.0526. The van der Waals surface area contributed by atoms with E-state index in [1.165, 1.54) is 17.5 Å². The fourth-order valence-corrected chi connectivity index (χ4v) is 3.14. The van der Waals surface area contributed by atoms with Gasteiger partial charge in [0.25, 0.3) is 5.56 Å². The Morgan fingerprint density at radius 2 is 2.12 bits per heavy atom. The number of nitrogens with one attached hydrogen (secondary N) is 1. The number of halogens is 2. The van der Waals surface area contributed by atoms with Crippen molar-refractivity contribution in [2.75, 3.05) is 18.5 Å². The molecule has 0 unspecified atom stereocenters. The molecule has 3 aromatic rings. The summed E-state index contributed by atoms with van der Waals surface area (Å²) in [7, 11) is 0. The molecule has 0 atom stereocenters. The molecule has 0 bridgehead atoms. The minimum atomic E-state index is -0.477. The fourth-order valence-electron chi connectivity index (χ4n) is 2.14. The van der Waals surface area contributed by atoms with Crippen molar-refractivity contribution in [3.8, 4) is 5.69 Å². The molecule has 0 radical (unpaired) electrons. The highest BCUT2D eigenvalue weighted by Crippen LogP contribution is 2.18. The highest BCUT2D eigenvalue weighted by Gasteiger charge is 2.11. The van der Waals surface area contributed by atoms with Crippen LogP contribution in [0.2, 0.25) is 10.0 Å². The second kappa shape index (κ2) is 8.35. The number of carbonyl (C=O) groups excluding carboxylic acids is 1. The van der Waals surface area contributed by atoms with E-state index in [0.29, 0.717) is 27.8 Å². The third-order valence-corrected chi connectivity index (χ3v) is 4.79. The number of hydrogen-bond acceptors (Lipinski definition) is 6. The van der Waals surface area contributed by atoms with Crippen LogP contribution in [0.1, 0.15) is 9.67 Å². The van der Waals surface area contributed by atoms with Crippen LogP contribution in [-0.2, 0) is 4.74 Å². The van der Waals surface area contributed by atoms with Gasteiger partial charge in [0.05, 0.1) is 17.6 Å². The molecule has 0 amide bonds. The third kappa shape index (κ3) is 4.24. The first-order valence-electron chi connectivity index (χ1n) is 7.54. The van der Waals surface area contributed by atoms with Crippen molar-refractivity contribution < 1.29 is 9.53 Å². The van der Waals surface area contributed by atoms with Crippen LogP contribution in [0.25, 0.3) is 5.69 Å². The van der Waals surface area contributed by atoms with Crippen molar-refractivity contribution in [2.45, 2.75) is 0 Å². The predicted molar refractivity (Wildman–Crippen MR) is 103 cm³/mol. The number of benzene rings is 1. The topological polar surface area (TPSA) is 73.2 Å². The third-order valence-electron chi connectivity index (χ3n) is 3.34. The summed E-state index contributed by atoms with van der Waals surface area (Å²) in [6.07, 6.45) is 1.44. The number of thiophene rings is 1. The molecule has 6 nitrogen and oxygen atoms in total. The zero-order valence-corrected chi connectivity index (χ0v) is 15.6. The normalized spacial score (nSPS) is 10.5. The van der Waals surface area contributed by atoms with E-state index in [-0.39, 0.29) is 17.6 Å². The summed E-state index contributed by atoms with van der Waals surface area (Å²) >= 11 is 13.4. The van der Waals surface area contributed by atoms with Gasteiger partial charge in [-0.3, -0.25) is 4.79 Å². The molecule has 3 rings (SSSR count). The van der Waals surface area contributed by atoms with Crippen molar-refractivity contribution in [3.05, 3.63) is 73.3 Å². The van der Waals surface area contributed by atoms with Crippen LogP contribution < -0.4 is 10.9 Å². The van der Waals surface area contributed by atoms with Crippen LogP contribution in [0.3, 0.4) is 0 Å². The van der Waals surface area contributed by atoms with Crippen LogP contribution in [0.5, 0.6) is 0 Å². The van der Waals surface area contributed by atoms with Gasteiger partial charge in [0, 0.05) is 11.6 Å². The van der Waals surface area contributed by atoms with Gasteiger partial charge in [-0.1, -0.05) is 35.3 Å². The lowest BCUT2D eigenvalue weighted by Gasteiger charge is -2.10. The Labute approximate surface area is 162 Å². The Morgan fingerprint density at radius 1 is 1.27 bits per heavy atom. The number of anilines is 1. The molecular weight excluding hydrogens is 397 g/mol. The second-order valence-electron chi connectivity index (χ2n) is 5.11. The van der Waals surface area contributed by atoms with E-state index in [1.807, 2.05) is 0 Å². The highest BCUT2D eigenvalue weighted by molar-refractivity contribution is 7.11. The predicted octanol–water partition coefficient (Wildman–Crippen LogP) is 3.87. The Balaban J connectivity index is 1.63. The van der Waals surface area contributed by atoms with Gasteiger partial charge < -0.3 is 10.1 Å². The Morgan fingerprint density at radius 3 is 2.85 bits per heavy atom. The quantitative estimate of drug-likeness (QED) is 0.494. The first kappa shape index (κ1) is 18.4. The average Bonchev–Trinajstić information content (AvgIpc) is 3.17. The molecule has 9 heteroatoms. The smallest absolute Gasteiger partial charge is 0.348 e. The van der Waals surface area contributed by atoms with Gasteiger partial charge >= 0.3 is 5.97 Å². The first-order valence-corrected chi connectivity index (χ1v) is 9.18. The van der Waals surface area contributed by atoms with Crippen LogP contribution >= 0.6 is 34.5 Å². The molecular formula is C17H13Cl2N3O3S. The van der Waals surface area contributed by atoms with Gasteiger partial charge in [0.1, 0.15) is 16.5 Å². The summed E-state index contributed by atoms with van der Waals surface area (Å²) in [4.78, 5) is 24.7. The molecule has 1 aromatic carbocycles. The van der Waals surface area contributed by atoms with Crippen LogP contribution in [0.15, 0.2) is 52.8 Å². The SMILES string of the molecule is O=C(OCCNc1cnn(-c2cccc(Cl)c2)c(=O)c1Cl)c1cccs1. The molecule has 0 aliphatic carbocycles. The Bertz CT molecular complexity index is 974. The number of aromatic nitrogens is 2. The van der Waals surface area contributed by atoms with E-state index in [9.17, 15) is 9.59 Å². The number of esters is 1. The van der Waals surface area contributed by atoms with Gasteiger partial charge in [-0.2, -0.15) is 9.78 Å². The molecule has 26 heavy (non-hydrogen) atoms. The van der Waals surface area contributed by atoms with Crippen molar-refractivity contribution >= 4 is 46.2 Å². The maximum Gasteiger partial charge on any atom is 0.348 e. The number of ether oxygens (including phenoxy) is 1. The van der Waals surface area contributed by atoms with Crippen LogP contribution in [0.4, 0.5) is 5.69 Å². The monoisotopic (exact) mass is 409 g/mol. The summed E-state index contributed by atoms with van der Waals surface area (Å²) in [5.74, 6) is -0.387. The molecule has 2 heterocycles. The summed E-state index contributed by atoms with van der Waals surface area (Å²) in [6, 6.07) is 10.2. The highest BCUT2D eigenvalue weighted by atomic mass is 35.5. The molecule has 134 valence electrons. The zero-order valence-electron chi connectivity index (χ0n) is 13.3. The van der Waals surface area contributed by atoms with Gasteiger partial charge in [-0.25, -0.2) is 4.79 Å². The van der Waals surface area contributed by atoms with Crippen LogP contribution in [0, 0.1) is 0 Å². The van der Waals surface area contributed by atoms with Gasteiger partial charge in [-0.05, 0) is 29.6 Å². The summed E-state index contributed by atoms with van der Waals surface area (Å²) in [5, 5.41) is 9.31.